The van der Waals surface area contributed by atoms with E-state index in [2.05, 4.69) is 26.5 Å². The highest BCUT2D eigenvalue weighted by molar-refractivity contribution is 7.80. The minimum absolute atomic E-state index is 0.131. The van der Waals surface area contributed by atoms with Crippen molar-refractivity contribution < 1.29 is 4.79 Å². The van der Waals surface area contributed by atoms with E-state index in [-0.39, 0.29) is 5.91 Å². The quantitative estimate of drug-likeness (QED) is 0.827. The van der Waals surface area contributed by atoms with Crippen LogP contribution in [0.5, 0.6) is 0 Å². The second-order valence-corrected chi connectivity index (χ2v) is 6.00. The Kier molecular flexibility index (Phi) is 4.56. The van der Waals surface area contributed by atoms with Crippen LogP contribution in [0.1, 0.15) is 49.9 Å². The van der Waals surface area contributed by atoms with Crippen LogP contribution in [0, 0.1) is 5.41 Å². The molecule has 0 bridgehead atoms. The Bertz CT molecular complexity index is 444. The fourth-order valence-electron chi connectivity index (χ4n) is 2.97. The van der Waals surface area contributed by atoms with Crippen LogP contribution >= 0.6 is 12.6 Å². The molecule has 2 nitrogen and oxygen atoms in total. The largest absolute Gasteiger partial charge is 0.339 e. The Morgan fingerprint density at radius 1 is 1.21 bits per heavy atom. The molecule has 1 saturated heterocycles. The molecule has 1 amide bonds. The van der Waals surface area contributed by atoms with E-state index in [1.165, 1.54) is 12.8 Å². The van der Waals surface area contributed by atoms with E-state index in [0.717, 1.165) is 36.4 Å². The molecule has 2 rings (SSSR count). The van der Waals surface area contributed by atoms with Crippen molar-refractivity contribution in [2.24, 2.45) is 5.41 Å². The highest BCUT2D eigenvalue weighted by Gasteiger charge is 2.33. The molecule has 0 saturated carbocycles. The van der Waals surface area contributed by atoms with Crippen LogP contribution < -0.4 is 0 Å². The SMILES string of the molecule is CCC1(CC)CCN(C(=O)c2ccccc2S)CC1. The van der Waals surface area contributed by atoms with Gasteiger partial charge < -0.3 is 4.90 Å². The van der Waals surface area contributed by atoms with Crippen molar-refractivity contribution in [2.45, 2.75) is 44.4 Å². The Labute approximate surface area is 121 Å². The van der Waals surface area contributed by atoms with Crippen LogP contribution in [0.2, 0.25) is 0 Å². The molecule has 19 heavy (non-hydrogen) atoms. The second-order valence-electron chi connectivity index (χ2n) is 5.52. The third kappa shape index (κ3) is 2.97. The molecule has 3 heteroatoms. The minimum Gasteiger partial charge on any atom is -0.339 e. The average Bonchev–Trinajstić information content (AvgIpc) is 2.47. The summed E-state index contributed by atoms with van der Waals surface area (Å²) in [5.41, 5.74) is 1.18. The van der Waals surface area contributed by atoms with E-state index < -0.39 is 0 Å². The van der Waals surface area contributed by atoms with Crippen molar-refractivity contribution in [3.63, 3.8) is 0 Å². The molecule has 0 unspecified atom stereocenters. The number of carbonyl (C=O) groups is 1. The van der Waals surface area contributed by atoms with Crippen molar-refractivity contribution in [2.75, 3.05) is 13.1 Å². The van der Waals surface area contributed by atoms with Gasteiger partial charge in [0.05, 0.1) is 5.56 Å². The van der Waals surface area contributed by atoms with Crippen molar-refractivity contribution in [1.82, 2.24) is 4.90 Å². The normalized spacial score (nSPS) is 18.4. The summed E-state index contributed by atoms with van der Waals surface area (Å²) in [4.78, 5) is 15.2. The molecule has 0 aliphatic carbocycles. The van der Waals surface area contributed by atoms with Crippen molar-refractivity contribution in [3.05, 3.63) is 29.8 Å². The van der Waals surface area contributed by atoms with E-state index in [0.29, 0.717) is 5.41 Å². The van der Waals surface area contributed by atoms with Crippen LogP contribution in [0.3, 0.4) is 0 Å². The molecule has 1 aromatic carbocycles. The van der Waals surface area contributed by atoms with Gasteiger partial charge in [0, 0.05) is 18.0 Å². The zero-order chi connectivity index (χ0) is 13.9. The predicted octanol–water partition coefficient (Wildman–Crippen LogP) is 4.02. The van der Waals surface area contributed by atoms with Crippen molar-refractivity contribution >= 4 is 18.5 Å². The van der Waals surface area contributed by atoms with Gasteiger partial charge in [0.15, 0.2) is 0 Å². The van der Waals surface area contributed by atoms with Gasteiger partial charge in [-0.05, 0) is 30.4 Å². The molecule has 0 spiro atoms. The first-order chi connectivity index (χ1) is 9.12. The molecule has 1 aromatic rings. The average molecular weight is 277 g/mol. The van der Waals surface area contributed by atoms with Gasteiger partial charge in [0.1, 0.15) is 0 Å². The maximum Gasteiger partial charge on any atom is 0.254 e. The highest BCUT2D eigenvalue weighted by atomic mass is 32.1. The van der Waals surface area contributed by atoms with Crippen LogP contribution in [0.25, 0.3) is 0 Å². The predicted molar refractivity (Wildman–Crippen MR) is 81.8 cm³/mol. The first kappa shape index (κ1) is 14.4. The van der Waals surface area contributed by atoms with Crippen molar-refractivity contribution in [1.29, 1.82) is 0 Å². The smallest absolute Gasteiger partial charge is 0.254 e. The molecule has 0 aromatic heterocycles. The van der Waals surface area contributed by atoms with Gasteiger partial charge in [-0.1, -0.05) is 38.8 Å². The van der Waals surface area contributed by atoms with Crippen molar-refractivity contribution in [3.8, 4) is 0 Å². The van der Waals surface area contributed by atoms with Gasteiger partial charge in [-0.25, -0.2) is 0 Å². The topological polar surface area (TPSA) is 20.3 Å². The number of benzene rings is 1. The summed E-state index contributed by atoms with van der Waals surface area (Å²) in [7, 11) is 0. The maximum atomic E-state index is 12.5. The number of carbonyl (C=O) groups excluding carboxylic acids is 1. The molecule has 1 aliphatic heterocycles. The van der Waals surface area contributed by atoms with Crippen LogP contribution in [0.15, 0.2) is 29.2 Å². The number of thiol groups is 1. The van der Waals surface area contributed by atoms with Gasteiger partial charge in [-0.15, -0.1) is 12.6 Å². The van der Waals surface area contributed by atoms with Gasteiger partial charge in [0.2, 0.25) is 0 Å². The lowest BCUT2D eigenvalue weighted by molar-refractivity contribution is 0.0554. The number of hydrogen-bond acceptors (Lipinski definition) is 2. The lowest BCUT2D eigenvalue weighted by Crippen LogP contribution is -2.42. The molecule has 104 valence electrons. The summed E-state index contributed by atoms with van der Waals surface area (Å²) in [6.45, 7) is 6.29. The number of amides is 1. The fraction of sp³-hybridized carbons (Fsp3) is 0.562. The molecule has 1 heterocycles. The molecule has 0 N–H and O–H groups in total. The lowest BCUT2D eigenvalue weighted by Gasteiger charge is -2.41. The number of rotatable bonds is 3. The molecular weight excluding hydrogens is 254 g/mol. The Hall–Kier alpha value is -0.960. The number of likely N-dealkylation sites (tertiary alicyclic amines) is 1. The summed E-state index contributed by atoms with van der Waals surface area (Å²) < 4.78 is 0. The van der Waals surface area contributed by atoms with Gasteiger partial charge in [-0.2, -0.15) is 0 Å². The first-order valence-electron chi connectivity index (χ1n) is 7.19. The third-order valence-corrected chi connectivity index (χ3v) is 5.14. The lowest BCUT2D eigenvalue weighted by atomic mass is 9.74. The summed E-state index contributed by atoms with van der Waals surface area (Å²) >= 11 is 4.38. The van der Waals surface area contributed by atoms with Crippen LogP contribution in [-0.2, 0) is 0 Å². The monoisotopic (exact) mass is 277 g/mol. The molecule has 1 fully saturated rings. The number of hydrogen-bond donors (Lipinski definition) is 1. The van der Waals surface area contributed by atoms with Gasteiger partial charge >= 0.3 is 0 Å². The van der Waals surface area contributed by atoms with E-state index in [9.17, 15) is 4.79 Å². The molecule has 0 radical (unpaired) electrons. The van der Waals surface area contributed by atoms with E-state index >= 15 is 0 Å². The number of nitrogens with zero attached hydrogens (tertiary/aromatic N) is 1. The molecule has 1 aliphatic rings. The van der Waals surface area contributed by atoms with E-state index in [4.69, 9.17) is 0 Å². The van der Waals surface area contributed by atoms with Gasteiger partial charge in [0.25, 0.3) is 5.91 Å². The Morgan fingerprint density at radius 3 is 2.32 bits per heavy atom. The van der Waals surface area contributed by atoms with E-state index in [1.54, 1.807) is 0 Å². The summed E-state index contributed by atoms with van der Waals surface area (Å²) in [6, 6.07) is 7.56. The fourth-order valence-corrected chi connectivity index (χ4v) is 3.22. The van der Waals surface area contributed by atoms with Crippen LogP contribution in [-0.4, -0.2) is 23.9 Å². The molecule has 0 atom stereocenters. The zero-order valence-electron chi connectivity index (χ0n) is 11.9. The highest BCUT2D eigenvalue weighted by Crippen LogP contribution is 2.38. The summed E-state index contributed by atoms with van der Waals surface area (Å²) in [6.07, 6.45) is 4.68. The second kappa shape index (κ2) is 6.00. The first-order valence-corrected chi connectivity index (χ1v) is 7.64. The summed E-state index contributed by atoms with van der Waals surface area (Å²) in [5, 5.41) is 0. The summed E-state index contributed by atoms with van der Waals surface area (Å²) in [5.74, 6) is 0.131. The van der Waals surface area contributed by atoms with E-state index in [1.807, 2.05) is 29.2 Å². The van der Waals surface area contributed by atoms with Crippen LogP contribution in [0.4, 0.5) is 0 Å². The Morgan fingerprint density at radius 2 is 1.79 bits per heavy atom. The van der Waals surface area contributed by atoms with Gasteiger partial charge in [-0.3, -0.25) is 4.79 Å². The standard InChI is InChI=1S/C16H23NOS/c1-3-16(4-2)9-11-17(12-10-16)15(18)13-7-5-6-8-14(13)19/h5-8,19H,3-4,9-12H2,1-2H3. The zero-order valence-corrected chi connectivity index (χ0v) is 12.7. The number of piperidine rings is 1. The minimum atomic E-state index is 0.131. The Balaban J connectivity index is 2.06. The molecular formula is C16H23NOS. The third-order valence-electron chi connectivity index (χ3n) is 4.75. The maximum absolute atomic E-state index is 12.5.